The molecule has 28 heavy (non-hydrogen) atoms. The quantitative estimate of drug-likeness (QED) is 0.523. The molecule has 1 saturated heterocycles. The van der Waals surface area contributed by atoms with E-state index in [4.69, 9.17) is 0 Å². The van der Waals surface area contributed by atoms with E-state index in [9.17, 15) is 16.8 Å². The molecule has 2 fully saturated rings. The number of sulfonamides is 2. The highest BCUT2D eigenvalue weighted by molar-refractivity contribution is 7.90. The van der Waals surface area contributed by atoms with Crippen molar-refractivity contribution in [2.75, 3.05) is 45.8 Å². The Morgan fingerprint density at radius 1 is 0.893 bits per heavy atom. The van der Waals surface area contributed by atoms with Gasteiger partial charge in [-0.3, -0.25) is 0 Å². The summed E-state index contributed by atoms with van der Waals surface area (Å²) in [6.45, 7) is 8.63. The van der Waals surface area contributed by atoms with Gasteiger partial charge in [-0.15, -0.1) is 0 Å². The van der Waals surface area contributed by atoms with Crippen LogP contribution < -0.4 is 9.44 Å². The number of benzene rings is 1. The van der Waals surface area contributed by atoms with Crippen molar-refractivity contribution in [2.45, 2.75) is 42.0 Å². The summed E-state index contributed by atoms with van der Waals surface area (Å²) in [4.78, 5) is 4.93. The topological polar surface area (TPSA) is 98.8 Å². The van der Waals surface area contributed by atoms with E-state index >= 15 is 0 Å². The Morgan fingerprint density at radius 2 is 1.43 bits per heavy atom. The Hall–Kier alpha value is -1.04. The first-order valence-corrected chi connectivity index (χ1v) is 12.8. The van der Waals surface area contributed by atoms with Crippen LogP contribution in [0.15, 0.2) is 34.1 Å². The Morgan fingerprint density at radius 3 is 1.96 bits per heavy atom. The number of hydrogen-bond acceptors (Lipinski definition) is 6. The fourth-order valence-electron chi connectivity index (χ4n) is 3.21. The number of nitrogens with one attached hydrogen (secondary N) is 2. The van der Waals surface area contributed by atoms with Gasteiger partial charge < -0.3 is 9.80 Å². The summed E-state index contributed by atoms with van der Waals surface area (Å²) in [5.74, 6) is 0. The third-order valence-corrected chi connectivity index (χ3v) is 8.21. The Labute approximate surface area is 168 Å². The molecule has 0 bridgehead atoms. The van der Waals surface area contributed by atoms with Gasteiger partial charge in [-0.05, 0) is 56.6 Å². The van der Waals surface area contributed by atoms with Crippen molar-refractivity contribution in [3.05, 3.63) is 24.3 Å². The van der Waals surface area contributed by atoms with Gasteiger partial charge in [0.15, 0.2) is 0 Å². The van der Waals surface area contributed by atoms with E-state index in [1.807, 2.05) is 0 Å². The van der Waals surface area contributed by atoms with Gasteiger partial charge in [-0.25, -0.2) is 26.3 Å². The highest BCUT2D eigenvalue weighted by atomic mass is 32.2. The maximum atomic E-state index is 12.4. The van der Waals surface area contributed by atoms with Gasteiger partial charge in [0.1, 0.15) is 0 Å². The van der Waals surface area contributed by atoms with Gasteiger partial charge in [0, 0.05) is 38.8 Å². The molecule has 10 heteroatoms. The molecule has 0 unspecified atom stereocenters. The van der Waals surface area contributed by atoms with Crippen LogP contribution in [0, 0.1) is 0 Å². The smallest absolute Gasteiger partial charge is 0.240 e. The first-order valence-electron chi connectivity index (χ1n) is 9.87. The van der Waals surface area contributed by atoms with Gasteiger partial charge in [0.05, 0.1) is 9.79 Å². The van der Waals surface area contributed by atoms with Gasteiger partial charge in [-0.2, -0.15) is 0 Å². The lowest BCUT2D eigenvalue weighted by atomic mass is 10.3. The third-order valence-electron chi connectivity index (χ3n) is 5.20. The zero-order valence-corrected chi connectivity index (χ0v) is 17.9. The van der Waals surface area contributed by atoms with Crippen molar-refractivity contribution in [3.63, 3.8) is 0 Å². The van der Waals surface area contributed by atoms with Crippen molar-refractivity contribution >= 4 is 20.0 Å². The van der Waals surface area contributed by atoms with Crippen LogP contribution in [0.3, 0.4) is 0 Å². The minimum absolute atomic E-state index is 0.0139. The normalized spacial score (nSPS) is 19.8. The Balaban J connectivity index is 1.46. The first-order chi connectivity index (χ1) is 13.3. The fraction of sp³-hybridized carbons (Fsp3) is 0.667. The highest BCUT2D eigenvalue weighted by Gasteiger charge is 2.28. The molecule has 1 aliphatic heterocycles. The summed E-state index contributed by atoms with van der Waals surface area (Å²) in [7, 11) is -7.21. The second-order valence-corrected chi connectivity index (χ2v) is 10.9. The van der Waals surface area contributed by atoms with E-state index in [-0.39, 0.29) is 15.8 Å². The van der Waals surface area contributed by atoms with Crippen molar-refractivity contribution in [1.82, 2.24) is 19.2 Å². The standard InChI is InChI=1S/C18H30N4O4S2/c1-2-21-12-14-22(15-13-21)11-3-10-19-27(23,24)17-6-8-18(9-7-17)28(25,26)20-16-4-5-16/h6-9,16,19-20H,2-5,10-15H2,1H3. The third kappa shape index (κ3) is 5.98. The second-order valence-electron chi connectivity index (χ2n) is 7.39. The SMILES string of the molecule is CCN1CCN(CCCNS(=O)(=O)c2ccc(S(=O)(=O)NC3CC3)cc2)CC1. The monoisotopic (exact) mass is 430 g/mol. The van der Waals surface area contributed by atoms with Crippen molar-refractivity contribution in [3.8, 4) is 0 Å². The molecule has 1 saturated carbocycles. The molecule has 2 N–H and O–H groups in total. The summed E-state index contributed by atoms with van der Waals surface area (Å²) >= 11 is 0. The Bertz CT molecular complexity index is 844. The summed E-state index contributed by atoms with van der Waals surface area (Å²) in [6, 6.07) is 5.38. The molecule has 1 aromatic rings. The molecule has 0 amide bonds. The highest BCUT2D eigenvalue weighted by Crippen LogP contribution is 2.22. The predicted molar refractivity (Wildman–Crippen MR) is 108 cm³/mol. The number of rotatable bonds is 10. The second kappa shape index (κ2) is 9.19. The molecular formula is C18H30N4O4S2. The average molecular weight is 431 g/mol. The van der Waals surface area contributed by atoms with E-state index in [1.54, 1.807) is 0 Å². The molecule has 0 aromatic heterocycles. The molecule has 158 valence electrons. The molecule has 0 spiro atoms. The lowest BCUT2D eigenvalue weighted by Crippen LogP contribution is -2.46. The van der Waals surface area contributed by atoms with Crippen LogP contribution in [-0.4, -0.2) is 78.5 Å². The number of nitrogens with zero attached hydrogens (tertiary/aromatic N) is 2. The first kappa shape index (κ1) is 21.7. The minimum Gasteiger partial charge on any atom is -0.301 e. The lowest BCUT2D eigenvalue weighted by Gasteiger charge is -2.33. The predicted octanol–water partition coefficient (Wildman–Crippen LogP) is 0.433. The van der Waals surface area contributed by atoms with E-state index in [2.05, 4.69) is 26.2 Å². The Kier molecular flexibility index (Phi) is 7.11. The molecule has 1 aliphatic carbocycles. The van der Waals surface area contributed by atoms with Crippen LogP contribution in [0.5, 0.6) is 0 Å². The van der Waals surface area contributed by atoms with Crippen LogP contribution in [-0.2, 0) is 20.0 Å². The molecule has 8 nitrogen and oxygen atoms in total. The van der Waals surface area contributed by atoms with Gasteiger partial charge in [0.25, 0.3) is 0 Å². The zero-order chi connectivity index (χ0) is 20.2. The summed E-state index contributed by atoms with van der Waals surface area (Å²) in [5, 5.41) is 0. The van der Waals surface area contributed by atoms with Crippen LogP contribution in [0.4, 0.5) is 0 Å². The maximum absolute atomic E-state index is 12.4. The summed E-state index contributed by atoms with van der Waals surface area (Å²) in [5.41, 5.74) is 0. The zero-order valence-electron chi connectivity index (χ0n) is 16.3. The molecule has 3 rings (SSSR count). The molecule has 1 aromatic carbocycles. The molecule has 0 radical (unpaired) electrons. The van der Waals surface area contributed by atoms with Gasteiger partial charge in [0.2, 0.25) is 20.0 Å². The van der Waals surface area contributed by atoms with E-state index in [0.29, 0.717) is 6.54 Å². The maximum Gasteiger partial charge on any atom is 0.240 e. The molecule has 0 atom stereocenters. The largest absolute Gasteiger partial charge is 0.301 e. The van der Waals surface area contributed by atoms with E-state index < -0.39 is 20.0 Å². The number of likely N-dealkylation sites (N-methyl/N-ethyl adjacent to an activating group) is 1. The lowest BCUT2D eigenvalue weighted by molar-refractivity contribution is 0.136. The van der Waals surface area contributed by atoms with Crippen LogP contribution >= 0.6 is 0 Å². The molecule has 2 aliphatic rings. The molecular weight excluding hydrogens is 400 g/mol. The van der Waals surface area contributed by atoms with Crippen molar-refractivity contribution in [1.29, 1.82) is 0 Å². The van der Waals surface area contributed by atoms with Gasteiger partial charge in [-0.1, -0.05) is 6.92 Å². The van der Waals surface area contributed by atoms with Crippen molar-refractivity contribution in [2.24, 2.45) is 0 Å². The average Bonchev–Trinajstić information content (AvgIpc) is 3.49. The molecule has 1 heterocycles. The van der Waals surface area contributed by atoms with E-state index in [0.717, 1.165) is 58.5 Å². The van der Waals surface area contributed by atoms with Crippen LogP contribution in [0.2, 0.25) is 0 Å². The van der Waals surface area contributed by atoms with E-state index in [1.165, 1.54) is 24.3 Å². The van der Waals surface area contributed by atoms with Crippen molar-refractivity contribution < 1.29 is 16.8 Å². The number of hydrogen-bond donors (Lipinski definition) is 2. The van der Waals surface area contributed by atoms with Crippen LogP contribution in [0.25, 0.3) is 0 Å². The summed E-state index contributed by atoms with van der Waals surface area (Å²) < 4.78 is 54.3. The fourth-order valence-corrected chi connectivity index (χ4v) is 5.59. The van der Waals surface area contributed by atoms with Gasteiger partial charge >= 0.3 is 0 Å². The summed E-state index contributed by atoms with van der Waals surface area (Å²) in [6.07, 6.45) is 2.44. The van der Waals surface area contributed by atoms with Crippen LogP contribution in [0.1, 0.15) is 26.2 Å². The minimum atomic E-state index is -3.64. The number of piperazine rings is 1.